The predicted octanol–water partition coefficient (Wildman–Crippen LogP) is 5.37. The van der Waals surface area contributed by atoms with Gasteiger partial charge < -0.3 is 15.2 Å². The lowest BCUT2D eigenvalue weighted by Crippen LogP contribution is -2.27. The van der Waals surface area contributed by atoms with Crippen molar-refractivity contribution in [2.24, 2.45) is 0 Å². The van der Waals surface area contributed by atoms with Gasteiger partial charge in [0.15, 0.2) is 21.4 Å². The van der Waals surface area contributed by atoms with E-state index in [1.54, 1.807) is 0 Å². The van der Waals surface area contributed by atoms with Gasteiger partial charge in [-0.15, -0.1) is 0 Å². The minimum absolute atomic E-state index is 0.0441. The zero-order valence-corrected chi connectivity index (χ0v) is 23.4. The maximum Gasteiger partial charge on any atom is 0.416 e. The minimum Gasteiger partial charge on any atom is -0.360 e. The van der Waals surface area contributed by atoms with Crippen LogP contribution in [0.2, 0.25) is 5.28 Å². The van der Waals surface area contributed by atoms with E-state index in [0.29, 0.717) is 29.8 Å². The maximum absolute atomic E-state index is 12.8. The maximum atomic E-state index is 12.8. The fourth-order valence-corrected chi connectivity index (χ4v) is 4.44. The largest absolute Gasteiger partial charge is 0.416 e. The van der Waals surface area contributed by atoms with E-state index in [1.165, 1.54) is 6.20 Å². The molecule has 0 atom stereocenters. The van der Waals surface area contributed by atoms with Crippen LogP contribution in [0.3, 0.4) is 0 Å². The van der Waals surface area contributed by atoms with Crippen molar-refractivity contribution in [1.29, 1.82) is 0 Å². The number of benzene rings is 1. The van der Waals surface area contributed by atoms with E-state index in [-0.39, 0.29) is 27.9 Å². The molecule has 1 saturated carbocycles. The summed E-state index contributed by atoms with van der Waals surface area (Å²) in [7, 11) is -4.04. The Balaban J connectivity index is 0.000000242. The molecule has 1 aliphatic rings. The predicted molar refractivity (Wildman–Crippen MR) is 139 cm³/mol. The average molecular weight is 589 g/mol. The number of nitrogens with zero attached hydrogens (tertiary/aromatic N) is 4. The summed E-state index contributed by atoms with van der Waals surface area (Å²) in [5.74, 6) is 0.650. The molecule has 2 aromatic heterocycles. The van der Waals surface area contributed by atoms with E-state index in [1.807, 2.05) is 27.7 Å². The highest BCUT2D eigenvalue weighted by atomic mass is 35.5. The number of ketones is 1. The van der Waals surface area contributed by atoms with Gasteiger partial charge in [0.25, 0.3) is 0 Å². The summed E-state index contributed by atoms with van der Waals surface area (Å²) in [4.78, 5) is 24.1. The Labute approximate surface area is 228 Å². The van der Waals surface area contributed by atoms with Gasteiger partial charge in [0.2, 0.25) is 17.2 Å². The van der Waals surface area contributed by atoms with Crippen LogP contribution in [0.5, 0.6) is 0 Å². The van der Waals surface area contributed by atoms with Gasteiger partial charge in [0, 0.05) is 29.8 Å². The molecule has 2 N–H and O–H groups in total. The summed E-state index contributed by atoms with van der Waals surface area (Å²) in [5.41, 5.74) is -1.47. The smallest absolute Gasteiger partial charge is 0.360 e. The number of hydrogen-bond donors (Lipinski definition) is 2. The molecule has 10 nitrogen and oxygen atoms in total. The van der Waals surface area contributed by atoms with E-state index in [9.17, 15) is 26.4 Å². The van der Waals surface area contributed by atoms with Crippen molar-refractivity contribution in [2.75, 3.05) is 23.4 Å². The Morgan fingerprint density at radius 2 is 1.74 bits per heavy atom. The SMILES string of the molecule is CCNc1nc(Cl)nc(NC(C)(C)C)n1.CS(=O)(=O)c1cc(C(F)(F)F)ccc1C(=O)c1cnoc1C1CC1. The second-order valence-electron chi connectivity index (χ2n) is 9.84. The number of aromatic nitrogens is 4. The monoisotopic (exact) mass is 588 g/mol. The van der Waals surface area contributed by atoms with E-state index in [4.69, 9.17) is 16.1 Å². The van der Waals surface area contributed by atoms with Crippen LogP contribution < -0.4 is 10.6 Å². The van der Waals surface area contributed by atoms with Gasteiger partial charge in [-0.25, -0.2) is 8.42 Å². The third-order valence-electron chi connectivity index (χ3n) is 5.17. The van der Waals surface area contributed by atoms with Crippen molar-refractivity contribution in [3.63, 3.8) is 0 Å². The summed E-state index contributed by atoms with van der Waals surface area (Å²) in [5, 5.41) is 9.86. The Hall–Kier alpha value is -3.26. The summed E-state index contributed by atoms with van der Waals surface area (Å²) in [6, 6.07) is 2.05. The first-order valence-electron chi connectivity index (χ1n) is 11.8. The minimum atomic E-state index is -4.71. The third-order valence-corrected chi connectivity index (χ3v) is 6.48. The Morgan fingerprint density at radius 3 is 2.28 bits per heavy atom. The van der Waals surface area contributed by atoms with Crippen LogP contribution in [0.4, 0.5) is 25.1 Å². The molecule has 2 heterocycles. The van der Waals surface area contributed by atoms with Gasteiger partial charge in [0.05, 0.1) is 22.2 Å². The van der Waals surface area contributed by atoms with Crippen LogP contribution >= 0.6 is 11.6 Å². The third kappa shape index (κ3) is 8.36. The normalized spacial score (nSPS) is 13.9. The second kappa shape index (κ2) is 11.5. The van der Waals surface area contributed by atoms with Gasteiger partial charge in [-0.3, -0.25) is 4.79 Å². The second-order valence-corrected chi connectivity index (χ2v) is 12.2. The highest BCUT2D eigenvalue weighted by molar-refractivity contribution is 7.90. The van der Waals surface area contributed by atoms with Crippen LogP contribution in [0.1, 0.15) is 73.7 Å². The Kier molecular flexibility index (Phi) is 8.90. The molecule has 0 bridgehead atoms. The molecule has 212 valence electrons. The summed E-state index contributed by atoms with van der Waals surface area (Å²) < 4.78 is 67.3. The fraction of sp³-hybridized carbons (Fsp3) is 0.458. The molecule has 1 aliphatic carbocycles. The first kappa shape index (κ1) is 30.3. The number of halogens is 4. The molecule has 0 saturated heterocycles. The van der Waals surface area contributed by atoms with E-state index >= 15 is 0 Å². The van der Waals surface area contributed by atoms with E-state index < -0.39 is 32.3 Å². The summed E-state index contributed by atoms with van der Waals surface area (Å²) >= 11 is 5.77. The number of carbonyl (C=O) groups is 1. The molecular weight excluding hydrogens is 561 g/mol. The number of nitrogens with one attached hydrogen (secondary N) is 2. The highest BCUT2D eigenvalue weighted by Crippen LogP contribution is 2.42. The first-order valence-corrected chi connectivity index (χ1v) is 14.1. The van der Waals surface area contributed by atoms with Gasteiger partial charge in [-0.1, -0.05) is 5.16 Å². The molecule has 0 radical (unpaired) electrons. The van der Waals surface area contributed by atoms with Crippen molar-refractivity contribution < 1.29 is 30.9 Å². The van der Waals surface area contributed by atoms with Crippen LogP contribution in [-0.2, 0) is 16.0 Å². The fourth-order valence-electron chi connectivity index (χ4n) is 3.38. The molecular formula is C24H28ClF3N6O4S. The van der Waals surface area contributed by atoms with Crippen LogP contribution in [0, 0.1) is 0 Å². The lowest BCUT2D eigenvalue weighted by Gasteiger charge is -2.20. The number of sulfone groups is 1. The van der Waals surface area contributed by atoms with Crippen LogP contribution in [0.25, 0.3) is 0 Å². The molecule has 3 aromatic rings. The quantitative estimate of drug-likeness (QED) is 0.346. The van der Waals surface area contributed by atoms with Crippen LogP contribution in [0.15, 0.2) is 33.8 Å². The molecule has 0 aliphatic heterocycles. The summed E-state index contributed by atoms with van der Waals surface area (Å²) in [6.45, 7) is 8.79. The van der Waals surface area contributed by atoms with Gasteiger partial charge >= 0.3 is 6.18 Å². The van der Waals surface area contributed by atoms with Crippen molar-refractivity contribution in [3.8, 4) is 0 Å². The Morgan fingerprint density at radius 1 is 1.10 bits per heavy atom. The van der Waals surface area contributed by atoms with E-state index in [2.05, 4.69) is 30.7 Å². The number of carbonyl (C=O) groups excluding carboxylic acids is 1. The molecule has 0 spiro atoms. The lowest BCUT2D eigenvalue weighted by atomic mass is 10.0. The number of anilines is 2. The number of alkyl halides is 3. The molecule has 0 amide bonds. The van der Waals surface area contributed by atoms with E-state index in [0.717, 1.165) is 31.7 Å². The van der Waals surface area contributed by atoms with Crippen molar-refractivity contribution in [1.82, 2.24) is 20.1 Å². The van der Waals surface area contributed by atoms with Gasteiger partial charge in [0.1, 0.15) is 0 Å². The van der Waals surface area contributed by atoms with Gasteiger partial charge in [-0.05, 0) is 70.3 Å². The molecule has 1 aromatic carbocycles. The number of rotatable bonds is 7. The van der Waals surface area contributed by atoms with Crippen molar-refractivity contribution in [3.05, 3.63) is 52.1 Å². The van der Waals surface area contributed by atoms with Crippen molar-refractivity contribution >= 4 is 39.1 Å². The molecule has 4 rings (SSSR count). The van der Waals surface area contributed by atoms with Crippen molar-refractivity contribution in [2.45, 2.75) is 63.1 Å². The molecule has 1 fully saturated rings. The average Bonchev–Trinajstić information content (AvgIpc) is 3.52. The topological polar surface area (TPSA) is 140 Å². The highest BCUT2D eigenvalue weighted by Gasteiger charge is 2.36. The van der Waals surface area contributed by atoms with Crippen LogP contribution in [-0.4, -0.2) is 52.6 Å². The zero-order valence-electron chi connectivity index (χ0n) is 21.9. The standard InChI is InChI=1S/C15H12F3NO4S.C9H16ClN5/c1-24(21,22)12-6-9(15(16,17)18)4-5-10(12)13(20)11-7-19-23-14(11)8-2-3-8;1-5-11-7-12-6(10)13-8(14-7)15-9(2,3)4/h4-8H,2-3H2,1H3;5H2,1-4H3,(H2,11,12,13,14,15). The first-order chi connectivity index (χ1) is 18.0. The molecule has 39 heavy (non-hydrogen) atoms. The number of hydrogen-bond acceptors (Lipinski definition) is 10. The zero-order chi connectivity index (χ0) is 29.2. The summed E-state index contributed by atoms with van der Waals surface area (Å²) in [6.07, 6.45) is -1.14. The van der Waals surface area contributed by atoms with Gasteiger partial charge in [-0.2, -0.15) is 28.1 Å². The molecule has 15 heteroatoms. The Bertz CT molecular complexity index is 1450. The lowest BCUT2D eigenvalue weighted by molar-refractivity contribution is -0.137. The molecule has 0 unspecified atom stereocenters.